The van der Waals surface area contributed by atoms with E-state index in [1.807, 2.05) is 32.0 Å². The second kappa shape index (κ2) is 6.97. The van der Waals surface area contributed by atoms with Crippen LogP contribution in [0.4, 0.5) is 0 Å². The third kappa shape index (κ3) is 3.13. The maximum absolute atomic E-state index is 12.6. The summed E-state index contributed by atoms with van der Waals surface area (Å²) in [6, 6.07) is 5.79. The molecule has 3 aromatic heterocycles. The molecule has 4 rings (SSSR count). The molecule has 0 bridgehead atoms. The van der Waals surface area contributed by atoms with Crippen molar-refractivity contribution in [3.63, 3.8) is 0 Å². The van der Waals surface area contributed by atoms with Crippen LogP contribution in [-0.2, 0) is 4.74 Å². The summed E-state index contributed by atoms with van der Waals surface area (Å²) in [6.07, 6.45) is -0.272. The van der Waals surface area contributed by atoms with Crippen molar-refractivity contribution in [1.82, 2.24) is 20.0 Å². The zero-order valence-corrected chi connectivity index (χ0v) is 15.3. The summed E-state index contributed by atoms with van der Waals surface area (Å²) in [5.74, 6) is 0.665. The first kappa shape index (κ1) is 16.9. The van der Waals surface area contributed by atoms with Gasteiger partial charge in [0.15, 0.2) is 0 Å². The van der Waals surface area contributed by atoms with Crippen LogP contribution in [0.5, 0.6) is 0 Å². The Morgan fingerprint density at radius 1 is 1.35 bits per heavy atom. The second-order valence-electron chi connectivity index (χ2n) is 6.13. The van der Waals surface area contributed by atoms with Gasteiger partial charge in [0.25, 0.3) is 5.91 Å². The summed E-state index contributed by atoms with van der Waals surface area (Å²) in [5.41, 5.74) is 5.44. The minimum Gasteiger partial charge on any atom is -0.368 e. The number of morpholine rings is 1. The standard InChI is InChI=1S/C18H18N4O3S/c1-11-17(12(2)25-21-11)14-5-3-4-13(20-14)16-8-22(6-7-24-16)18(23)15-9-26-10-19-15/h3-5,9-10,16H,6-8H2,1-2H3/t16-/m1/s1. The van der Waals surface area contributed by atoms with E-state index in [0.29, 0.717) is 25.4 Å². The summed E-state index contributed by atoms with van der Waals surface area (Å²) in [6.45, 7) is 5.24. The van der Waals surface area contributed by atoms with Crippen molar-refractivity contribution in [2.45, 2.75) is 20.0 Å². The number of aryl methyl sites for hydroxylation is 2. The van der Waals surface area contributed by atoms with Crippen molar-refractivity contribution in [2.24, 2.45) is 0 Å². The van der Waals surface area contributed by atoms with Crippen molar-refractivity contribution in [3.05, 3.63) is 51.9 Å². The molecule has 3 aromatic rings. The number of rotatable bonds is 3. The highest BCUT2D eigenvalue weighted by molar-refractivity contribution is 7.07. The van der Waals surface area contributed by atoms with E-state index in [-0.39, 0.29) is 12.0 Å². The number of hydrogen-bond acceptors (Lipinski definition) is 7. The maximum Gasteiger partial charge on any atom is 0.273 e. The van der Waals surface area contributed by atoms with Crippen LogP contribution in [0.1, 0.15) is 33.7 Å². The Bertz CT molecular complexity index is 903. The number of carbonyl (C=O) groups is 1. The zero-order chi connectivity index (χ0) is 18.1. The molecule has 26 heavy (non-hydrogen) atoms. The molecule has 1 fully saturated rings. The summed E-state index contributed by atoms with van der Waals surface area (Å²) in [5, 5.41) is 5.76. The molecule has 1 saturated heterocycles. The van der Waals surface area contributed by atoms with E-state index in [4.69, 9.17) is 14.2 Å². The lowest BCUT2D eigenvalue weighted by molar-refractivity contribution is -0.0248. The molecule has 7 nitrogen and oxygen atoms in total. The Kier molecular flexibility index (Phi) is 4.52. The van der Waals surface area contributed by atoms with Gasteiger partial charge < -0.3 is 14.2 Å². The highest BCUT2D eigenvalue weighted by atomic mass is 32.1. The summed E-state index contributed by atoms with van der Waals surface area (Å²) in [4.78, 5) is 23.2. The summed E-state index contributed by atoms with van der Waals surface area (Å²) >= 11 is 1.42. The molecule has 0 aromatic carbocycles. The van der Waals surface area contributed by atoms with Crippen molar-refractivity contribution < 1.29 is 14.1 Å². The molecule has 1 atom stereocenters. The van der Waals surface area contributed by atoms with Gasteiger partial charge in [-0.3, -0.25) is 4.79 Å². The maximum atomic E-state index is 12.6. The van der Waals surface area contributed by atoms with Crippen LogP contribution in [0, 0.1) is 13.8 Å². The lowest BCUT2D eigenvalue weighted by Gasteiger charge is -2.32. The largest absolute Gasteiger partial charge is 0.368 e. The topological polar surface area (TPSA) is 81.4 Å². The van der Waals surface area contributed by atoms with E-state index in [0.717, 1.165) is 28.4 Å². The fourth-order valence-corrected chi connectivity index (χ4v) is 3.64. The molecule has 0 spiro atoms. The number of aromatic nitrogens is 3. The molecule has 1 aliphatic rings. The average Bonchev–Trinajstić information content (AvgIpc) is 3.31. The van der Waals surface area contributed by atoms with Gasteiger partial charge in [0.1, 0.15) is 17.6 Å². The molecule has 1 amide bonds. The smallest absolute Gasteiger partial charge is 0.273 e. The van der Waals surface area contributed by atoms with Gasteiger partial charge in [-0.15, -0.1) is 11.3 Å². The predicted octanol–water partition coefficient (Wildman–Crippen LogP) is 3.02. The highest BCUT2D eigenvalue weighted by Crippen LogP contribution is 2.28. The first-order valence-electron chi connectivity index (χ1n) is 8.32. The third-order valence-electron chi connectivity index (χ3n) is 4.40. The number of amides is 1. The Hall–Kier alpha value is -2.58. The Morgan fingerprint density at radius 3 is 2.96 bits per heavy atom. The lowest BCUT2D eigenvalue weighted by atomic mass is 10.1. The van der Waals surface area contributed by atoms with Crippen LogP contribution in [0.3, 0.4) is 0 Å². The van der Waals surface area contributed by atoms with Gasteiger partial charge in [0, 0.05) is 11.9 Å². The van der Waals surface area contributed by atoms with Crippen LogP contribution < -0.4 is 0 Å². The average molecular weight is 370 g/mol. The first-order chi connectivity index (χ1) is 12.6. The SMILES string of the molecule is Cc1noc(C)c1-c1cccc([C@H]2CN(C(=O)c3cscn3)CCO2)n1. The minimum atomic E-state index is -0.272. The van der Waals surface area contributed by atoms with Gasteiger partial charge in [0.05, 0.1) is 41.3 Å². The normalized spacial score (nSPS) is 17.5. The number of nitrogens with zero attached hydrogens (tertiary/aromatic N) is 4. The molecular formula is C18H18N4O3S. The van der Waals surface area contributed by atoms with E-state index in [1.54, 1.807) is 15.8 Å². The molecule has 4 heterocycles. The number of carbonyl (C=O) groups excluding carboxylic acids is 1. The van der Waals surface area contributed by atoms with Crippen LogP contribution >= 0.6 is 11.3 Å². The van der Waals surface area contributed by atoms with Gasteiger partial charge in [0.2, 0.25) is 0 Å². The van der Waals surface area contributed by atoms with Crippen molar-refractivity contribution in [1.29, 1.82) is 0 Å². The molecule has 0 saturated carbocycles. The van der Waals surface area contributed by atoms with Crippen molar-refractivity contribution in [3.8, 4) is 11.3 Å². The molecule has 0 N–H and O–H groups in total. The van der Waals surface area contributed by atoms with E-state index < -0.39 is 0 Å². The van der Waals surface area contributed by atoms with E-state index in [1.165, 1.54) is 11.3 Å². The summed E-state index contributed by atoms with van der Waals surface area (Å²) < 4.78 is 11.1. The van der Waals surface area contributed by atoms with E-state index >= 15 is 0 Å². The number of hydrogen-bond donors (Lipinski definition) is 0. The van der Waals surface area contributed by atoms with Gasteiger partial charge in [-0.05, 0) is 26.0 Å². The van der Waals surface area contributed by atoms with Crippen LogP contribution in [0.15, 0.2) is 33.6 Å². The molecule has 0 unspecified atom stereocenters. The molecule has 8 heteroatoms. The number of pyridine rings is 1. The van der Waals surface area contributed by atoms with Crippen molar-refractivity contribution in [2.75, 3.05) is 19.7 Å². The third-order valence-corrected chi connectivity index (χ3v) is 4.98. The minimum absolute atomic E-state index is 0.0681. The molecule has 0 radical (unpaired) electrons. The second-order valence-corrected chi connectivity index (χ2v) is 6.85. The number of thiazole rings is 1. The van der Waals surface area contributed by atoms with E-state index in [2.05, 4.69) is 10.1 Å². The first-order valence-corrected chi connectivity index (χ1v) is 9.27. The Morgan fingerprint density at radius 2 is 2.23 bits per heavy atom. The number of ether oxygens (including phenoxy) is 1. The molecule has 0 aliphatic carbocycles. The van der Waals surface area contributed by atoms with Gasteiger partial charge >= 0.3 is 0 Å². The Balaban J connectivity index is 1.58. The van der Waals surface area contributed by atoms with E-state index in [9.17, 15) is 4.79 Å². The van der Waals surface area contributed by atoms with Crippen LogP contribution in [0.2, 0.25) is 0 Å². The fraction of sp³-hybridized carbons (Fsp3) is 0.333. The fourth-order valence-electron chi connectivity index (χ4n) is 3.11. The summed E-state index contributed by atoms with van der Waals surface area (Å²) in [7, 11) is 0. The monoisotopic (exact) mass is 370 g/mol. The highest BCUT2D eigenvalue weighted by Gasteiger charge is 2.28. The van der Waals surface area contributed by atoms with Gasteiger partial charge in [-0.25, -0.2) is 9.97 Å². The van der Waals surface area contributed by atoms with Crippen LogP contribution in [-0.4, -0.2) is 45.6 Å². The van der Waals surface area contributed by atoms with Gasteiger partial charge in [-0.2, -0.15) is 0 Å². The molecule has 134 valence electrons. The molecule has 1 aliphatic heterocycles. The quantitative estimate of drug-likeness (QED) is 0.705. The lowest BCUT2D eigenvalue weighted by Crippen LogP contribution is -2.42. The molecular weight excluding hydrogens is 352 g/mol. The van der Waals surface area contributed by atoms with Crippen molar-refractivity contribution >= 4 is 17.2 Å². The Labute approximate surface area is 154 Å². The predicted molar refractivity (Wildman–Crippen MR) is 95.9 cm³/mol. The van der Waals surface area contributed by atoms with Gasteiger partial charge in [-0.1, -0.05) is 11.2 Å². The zero-order valence-electron chi connectivity index (χ0n) is 14.5. The van der Waals surface area contributed by atoms with Crippen LogP contribution in [0.25, 0.3) is 11.3 Å².